The summed E-state index contributed by atoms with van der Waals surface area (Å²) in [5, 5.41) is 7.25. The lowest BCUT2D eigenvalue weighted by Gasteiger charge is -2.17. The highest BCUT2D eigenvalue weighted by molar-refractivity contribution is 6.14. The third-order valence-corrected chi connectivity index (χ3v) is 9.73. The Kier molecular flexibility index (Phi) is 6.18. The molecule has 2 heterocycles. The fourth-order valence-electron chi connectivity index (χ4n) is 7.37. The summed E-state index contributed by atoms with van der Waals surface area (Å²) < 4.78 is 2.31. The first-order valence-corrected chi connectivity index (χ1v) is 16.7. The molecule has 0 fully saturated rings. The SMILES string of the molecule is c1ccc(-c2cc3nc(-c4ccccc4)c(-n4c5ccccc5c5cc6ccccc6cc54)nc3cc2-c2ccc3ccccc3c2)cc1. The van der Waals surface area contributed by atoms with Gasteiger partial charge in [0.2, 0.25) is 0 Å². The first-order valence-electron chi connectivity index (χ1n) is 16.7. The van der Waals surface area contributed by atoms with Gasteiger partial charge in [-0.25, -0.2) is 9.97 Å². The molecule has 0 amide bonds. The molecule has 49 heavy (non-hydrogen) atoms. The molecule has 0 radical (unpaired) electrons. The number of rotatable bonds is 4. The molecule has 10 aromatic rings. The summed E-state index contributed by atoms with van der Waals surface area (Å²) in [7, 11) is 0. The number of para-hydroxylation sites is 1. The predicted octanol–water partition coefficient (Wildman–Crippen LogP) is 12.0. The zero-order chi connectivity index (χ0) is 32.3. The van der Waals surface area contributed by atoms with Crippen molar-refractivity contribution in [2.24, 2.45) is 0 Å². The van der Waals surface area contributed by atoms with Crippen LogP contribution in [0.25, 0.3) is 93.7 Å². The summed E-state index contributed by atoms with van der Waals surface area (Å²) in [6, 6.07) is 62.6. The van der Waals surface area contributed by atoms with Crippen molar-refractivity contribution < 1.29 is 0 Å². The summed E-state index contributed by atoms with van der Waals surface area (Å²) in [4.78, 5) is 11.0. The average molecular weight is 624 g/mol. The smallest absolute Gasteiger partial charge is 0.165 e. The molecule has 0 atom stereocenters. The first-order chi connectivity index (χ1) is 24.3. The normalized spacial score (nSPS) is 11.7. The number of aromatic nitrogens is 3. The Hall–Kier alpha value is -6.58. The molecule has 2 aromatic heterocycles. The molecule has 0 unspecified atom stereocenters. The van der Waals surface area contributed by atoms with Gasteiger partial charge in [0.25, 0.3) is 0 Å². The second-order valence-corrected chi connectivity index (χ2v) is 12.6. The van der Waals surface area contributed by atoms with Crippen molar-refractivity contribution in [3.8, 4) is 39.3 Å². The zero-order valence-electron chi connectivity index (χ0n) is 26.6. The highest BCUT2D eigenvalue weighted by Crippen LogP contribution is 2.40. The average Bonchev–Trinajstić information content (AvgIpc) is 3.49. The molecule has 0 aliphatic heterocycles. The van der Waals surface area contributed by atoms with Crippen LogP contribution in [-0.4, -0.2) is 14.5 Å². The lowest BCUT2D eigenvalue weighted by molar-refractivity contribution is 1.08. The number of hydrogen-bond acceptors (Lipinski definition) is 2. The molecular formula is C46H29N3. The van der Waals surface area contributed by atoms with Gasteiger partial charge in [-0.05, 0) is 80.2 Å². The number of benzene rings is 8. The van der Waals surface area contributed by atoms with Gasteiger partial charge < -0.3 is 0 Å². The van der Waals surface area contributed by atoms with Gasteiger partial charge in [-0.2, -0.15) is 0 Å². The van der Waals surface area contributed by atoms with Crippen LogP contribution in [0.4, 0.5) is 0 Å². The van der Waals surface area contributed by atoms with Crippen LogP contribution in [0.2, 0.25) is 0 Å². The maximum atomic E-state index is 5.56. The minimum atomic E-state index is 0.817. The Morgan fingerprint density at radius 3 is 1.67 bits per heavy atom. The van der Waals surface area contributed by atoms with Gasteiger partial charge in [0, 0.05) is 16.3 Å². The van der Waals surface area contributed by atoms with Gasteiger partial charge in [0.1, 0.15) is 5.69 Å². The molecule has 0 bridgehead atoms. The van der Waals surface area contributed by atoms with E-state index >= 15 is 0 Å². The van der Waals surface area contributed by atoms with E-state index in [9.17, 15) is 0 Å². The van der Waals surface area contributed by atoms with Crippen molar-refractivity contribution in [2.75, 3.05) is 0 Å². The zero-order valence-corrected chi connectivity index (χ0v) is 26.6. The van der Waals surface area contributed by atoms with Crippen LogP contribution in [0.3, 0.4) is 0 Å². The Morgan fingerprint density at radius 1 is 0.347 bits per heavy atom. The van der Waals surface area contributed by atoms with Crippen LogP contribution in [0.5, 0.6) is 0 Å². The molecule has 0 N–H and O–H groups in total. The monoisotopic (exact) mass is 623 g/mol. The second kappa shape index (κ2) is 11.0. The fraction of sp³-hybridized carbons (Fsp3) is 0. The highest BCUT2D eigenvalue weighted by Gasteiger charge is 2.21. The molecule has 0 spiro atoms. The summed E-state index contributed by atoms with van der Waals surface area (Å²) in [5.74, 6) is 0.817. The molecule has 8 aromatic carbocycles. The summed E-state index contributed by atoms with van der Waals surface area (Å²) >= 11 is 0. The molecular weight excluding hydrogens is 595 g/mol. The Bertz CT molecular complexity index is 2870. The van der Waals surface area contributed by atoms with Crippen LogP contribution in [0, 0.1) is 0 Å². The van der Waals surface area contributed by atoms with Crippen molar-refractivity contribution in [2.45, 2.75) is 0 Å². The molecule has 0 aliphatic carbocycles. The van der Waals surface area contributed by atoms with Gasteiger partial charge in [-0.15, -0.1) is 0 Å². The van der Waals surface area contributed by atoms with Gasteiger partial charge in [-0.1, -0.05) is 140 Å². The Labute approximate surface area is 283 Å². The second-order valence-electron chi connectivity index (χ2n) is 12.6. The van der Waals surface area contributed by atoms with E-state index in [-0.39, 0.29) is 0 Å². The summed E-state index contributed by atoms with van der Waals surface area (Å²) in [5.41, 5.74) is 10.4. The van der Waals surface area contributed by atoms with Crippen LogP contribution in [-0.2, 0) is 0 Å². The van der Waals surface area contributed by atoms with E-state index in [0.717, 1.165) is 61.4 Å². The van der Waals surface area contributed by atoms with Crippen LogP contribution in [0.15, 0.2) is 176 Å². The van der Waals surface area contributed by atoms with E-state index in [2.05, 4.69) is 174 Å². The molecule has 0 saturated heterocycles. The quantitative estimate of drug-likeness (QED) is 0.195. The minimum absolute atomic E-state index is 0.817. The van der Waals surface area contributed by atoms with Crippen LogP contribution in [0.1, 0.15) is 0 Å². The maximum Gasteiger partial charge on any atom is 0.165 e. The Morgan fingerprint density at radius 2 is 0.918 bits per heavy atom. The van der Waals surface area contributed by atoms with Gasteiger partial charge in [0.05, 0.1) is 22.1 Å². The van der Waals surface area contributed by atoms with E-state index in [1.54, 1.807) is 0 Å². The van der Waals surface area contributed by atoms with E-state index in [4.69, 9.17) is 9.97 Å². The predicted molar refractivity (Wildman–Crippen MR) is 205 cm³/mol. The van der Waals surface area contributed by atoms with E-state index in [1.807, 2.05) is 6.07 Å². The van der Waals surface area contributed by atoms with Crippen molar-refractivity contribution in [3.63, 3.8) is 0 Å². The van der Waals surface area contributed by atoms with Crippen LogP contribution >= 0.6 is 0 Å². The van der Waals surface area contributed by atoms with E-state index in [1.165, 1.54) is 32.3 Å². The lowest BCUT2D eigenvalue weighted by atomic mass is 9.92. The molecule has 3 heteroatoms. The topological polar surface area (TPSA) is 30.7 Å². The molecule has 228 valence electrons. The van der Waals surface area contributed by atoms with Crippen molar-refractivity contribution in [1.29, 1.82) is 0 Å². The molecule has 0 saturated carbocycles. The minimum Gasteiger partial charge on any atom is -0.292 e. The van der Waals surface area contributed by atoms with Crippen molar-refractivity contribution >= 4 is 54.4 Å². The van der Waals surface area contributed by atoms with Crippen LogP contribution < -0.4 is 0 Å². The summed E-state index contributed by atoms with van der Waals surface area (Å²) in [6.45, 7) is 0. The van der Waals surface area contributed by atoms with Gasteiger partial charge >= 0.3 is 0 Å². The molecule has 10 rings (SSSR count). The third kappa shape index (κ3) is 4.51. The van der Waals surface area contributed by atoms with E-state index < -0.39 is 0 Å². The third-order valence-electron chi connectivity index (χ3n) is 9.73. The van der Waals surface area contributed by atoms with Crippen molar-refractivity contribution in [1.82, 2.24) is 14.5 Å². The number of hydrogen-bond donors (Lipinski definition) is 0. The first kappa shape index (κ1) is 27.5. The Balaban J connectivity index is 1.32. The van der Waals surface area contributed by atoms with Gasteiger partial charge in [0.15, 0.2) is 5.82 Å². The molecule has 0 aliphatic rings. The fourth-order valence-corrected chi connectivity index (χ4v) is 7.37. The molecule has 3 nitrogen and oxygen atoms in total. The van der Waals surface area contributed by atoms with Gasteiger partial charge in [-0.3, -0.25) is 4.57 Å². The standard InChI is InChI=1S/C46H29N3/c1-3-14-31(15-4-1)38-28-41-42(29-39(38)36-24-23-30-13-7-8-18-33(30)25-36)48-46(45(47-41)32-16-5-2-6-17-32)49-43-22-12-11-21-37(43)40-26-34-19-9-10-20-35(34)27-44(40)49/h1-29H. The summed E-state index contributed by atoms with van der Waals surface area (Å²) in [6.07, 6.45) is 0. The number of nitrogens with zero attached hydrogens (tertiary/aromatic N) is 3. The highest BCUT2D eigenvalue weighted by atomic mass is 15.1. The lowest BCUT2D eigenvalue weighted by Crippen LogP contribution is -2.04. The largest absolute Gasteiger partial charge is 0.292 e. The maximum absolute atomic E-state index is 5.56. The van der Waals surface area contributed by atoms with Crippen molar-refractivity contribution in [3.05, 3.63) is 176 Å². The van der Waals surface area contributed by atoms with E-state index in [0.29, 0.717) is 0 Å². The number of fused-ring (bicyclic) bond motifs is 6.